The topological polar surface area (TPSA) is 37.3 Å². The molecule has 0 radical (unpaired) electrons. The fourth-order valence-corrected chi connectivity index (χ4v) is 3.18. The number of aliphatic hydroxyl groups is 1. The van der Waals surface area contributed by atoms with Crippen LogP contribution in [0.25, 0.3) is 20.2 Å². The average Bonchev–Trinajstić information content (AvgIpc) is 2.38. The minimum Gasteiger partial charge on any atom is -0.392 e. The van der Waals surface area contributed by atoms with Crippen molar-refractivity contribution in [2.45, 2.75) is 6.61 Å². The summed E-state index contributed by atoms with van der Waals surface area (Å²) >= 11 is 1.56. The summed E-state index contributed by atoms with van der Waals surface area (Å²) in [7, 11) is 0. The van der Waals surface area contributed by atoms with E-state index in [0.29, 0.717) is 5.39 Å². The van der Waals surface area contributed by atoms with Crippen molar-refractivity contribution in [3.05, 3.63) is 58.3 Å². The van der Waals surface area contributed by atoms with Gasteiger partial charge in [0, 0.05) is 20.2 Å². The van der Waals surface area contributed by atoms with E-state index >= 15 is 0 Å². The highest BCUT2D eigenvalue weighted by molar-refractivity contribution is 7.24. The van der Waals surface area contributed by atoms with Crippen molar-refractivity contribution in [1.29, 1.82) is 0 Å². The largest absolute Gasteiger partial charge is 0.392 e. The monoisotopic (exact) mass is 242 g/mol. The second-order valence-corrected chi connectivity index (χ2v) is 4.93. The zero-order valence-electron chi connectivity index (χ0n) is 9.01. The number of hydrogen-bond donors (Lipinski definition) is 1. The fraction of sp³-hybridized carbons (Fsp3) is 0.0714. The lowest BCUT2D eigenvalue weighted by atomic mass is 10.1. The molecule has 3 rings (SSSR count). The first-order chi connectivity index (χ1) is 8.31. The van der Waals surface area contributed by atoms with Crippen molar-refractivity contribution in [3.63, 3.8) is 0 Å². The highest BCUT2D eigenvalue weighted by Gasteiger charge is 2.07. The molecule has 0 saturated heterocycles. The quantitative estimate of drug-likeness (QED) is 0.666. The minimum atomic E-state index is -0.0361. The first kappa shape index (κ1) is 10.4. The molecule has 0 atom stereocenters. The normalized spacial score (nSPS) is 11.1. The second-order valence-electron chi connectivity index (χ2n) is 3.88. The summed E-state index contributed by atoms with van der Waals surface area (Å²) in [5.74, 6) is 0. The van der Waals surface area contributed by atoms with E-state index < -0.39 is 0 Å². The van der Waals surface area contributed by atoms with Crippen LogP contribution in [-0.2, 0) is 6.61 Å². The summed E-state index contributed by atoms with van der Waals surface area (Å²) in [4.78, 5) is 12.3. The first-order valence-electron chi connectivity index (χ1n) is 5.35. The Labute approximate surface area is 102 Å². The number of aliphatic hydroxyl groups excluding tert-OH is 1. The average molecular weight is 242 g/mol. The Balaban J connectivity index is 2.59. The molecule has 3 heteroatoms. The summed E-state index contributed by atoms with van der Waals surface area (Å²) in [6.07, 6.45) is 0. The number of rotatable bonds is 1. The van der Waals surface area contributed by atoms with Crippen molar-refractivity contribution in [3.8, 4) is 0 Å². The van der Waals surface area contributed by atoms with Gasteiger partial charge in [0.05, 0.1) is 6.61 Å². The van der Waals surface area contributed by atoms with Gasteiger partial charge in [0.15, 0.2) is 5.43 Å². The molecule has 1 heterocycles. The van der Waals surface area contributed by atoms with Crippen LogP contribution in [0.5, 0.6) is 0 Å². The maximum atomic E-state index is 12.3. The van der Waals surface area contributed by atoms with Crippen molar-refractivity contribution >= 4 is 31.5 Å². The highest BCUT2D eigenvalue weighted by Crippen LogP contribution is 2.27. The first-order valence-corrected chi connectivity index (χ1v) is 6.17. The lowest BCUT2D eigenvalue weighted by Gasteiger charge is -2.04. The van der Waals surface area contributed by atoms with Gasteiger partial charge in [-0.15, -0.1) is 11.3 Å². The molecule has 2 nitrogen and oxygen atoms in total. The maximum absolute atomic E-state index is 12.3. The summed E-state index contributed by atoms with van der Waals surface area (Å²) in [5.41, 5.74) is 0.861. The molecule has 0 bridgehead atoms. The standard InChI is InChI=1S/C14H10O2S/c15-8-9-4-3-6-11-13(16)10-5-1-2-7-12(10)17-14(9)11/h1-7,15H,8H2. The SMILES string of the molecule is O=c1c2ccccc2sc2c(CO)cccc12. The molecule has 0 spiro atoms. The van der Waals surface area contributed by atoms with Gasteiger partial charge in [0.1, 0.15) is 0 Å². The van der Waals surface area contributed by atoms with Crippen LogP contribution >= 0.6 is 11.3 Å². The molecule has 0 aliphatic rings. The van der Waals surface area contributed by atoms with Gasteiger partial charge >= 0.3 is 0 Å². The van der Waals surface area contributed by atoms with E-state index in [1.165, 1.54) is 0 Å². The second kappa shape index (κ2) is 3.95. The maximum Gasteiger partial charge on any atom is 0.195 e. The molecule has 0 amide bonds. The fourth-order valence-electron chi connectivity index (χ4n) is 2.01. The van der Waals surface area contributed by atoms with Gasteiger partial charge in [-0.05, 0) is 23.8 Å². The van der Waals surface area contributed by atoms with Gasteiger partial charge in [-0.2, -0.15) is 0 Å². The van der Waals surface area contributed by atoms with E-state index in [4.69, 9.17) is 0 Å². The predicted octanol–water partition coefficient (Wildman–Crippen LogP) is 2.91. The van der Waals surface area contributed by atoms with E-state index in [2.05, 4.69) is 0 Å². The van der Waals surface area contributed by atoms with E-state index in [9.17, 15) is 9.90 Å². The van der Waals surface area contributed by atoms with Crippen LogP contribution in [0.15, 0.2) is 47.3 Å². The Morgan fingerprint density at radius 2 is 1.76 bits per heavy atom. The molecule has 0 aliphatic heterocycles. The van der Waals surface area contributed by atoms with Gasteiger partial charge < -0.3 is 5.11 Å². The zero-order chi connectivity index (χ0) is 11.8. The van der Waals surface area contributed by atoms with E-state index in [0.717, 1.165) is 20.3 Å². The number of benzene rings is 2. The molecular weight excluding hydrogens is 232 g/mol. The summed E-state index contributed by atoms with van der Waals surface area (Å²) in [6.45, 7) is -0.0361. The molecular formula is C14H10O2S. The van der Waals surface area contributed by atoms with Crippen molar-refractivity contribution in [2.75, 3.05) is 0 Å². The molecule has 17 heavy (non-hydrogen) atoms. The molecule has 0 saturated carbocycles. The Bertz CT molecular complexity index is 759. The van der Waals surface area contributed by atoms with Gasteiger partial charge in [0.25, 0.3) is 0 Å². The van der Waals surface area contributed by atoms with Crippen molar-refractivity contribution in [1.82, 2.24) is 0 Å². The third-order valence-electron chi connectivity index (χ3n) is 2.86. The summed E-state index contributed by atoms with van der Waals surface area (Å²) in [5, 5.41) is 10.7. The molecule has 1 aromatic heterocycles. The molecule has 1 N–H and O–H groups in total. The molecule has 3 aromatic rings. The van der Waals surface area contributed by atoms with E-state index in [1.807, 2.05) is 42.5 Å². The molecule has 84 valence electrons. The van der Waals surface area contributed by atoms with Crippen LogP contribution < -0.4 is 5.43 Å². The predicted molar refractivity (Wildman–Crippen MR) is 71.5 cm³/mol. The van der Waals surface area contributed by atoms with Crippen molar-refractivity contribution < 1.29 is 5.11 Å². The third kappa shape index (κ3) is 1.55. The van der Waals surface area contributed by atoms with Crippen molar-refractivity contribution in [2.24, 2.45) is 0 Å². The Morgan fingerprint density at radius 1 is 1.00 bits per heavy atom. The summed E-state index contributed by atoms with van der Waals surface area (Å²) < 4.78 is 1.85. The lowest BCUT2D eigenvalue weighted by molar-refractivity contribution is 0.283. The molecule has 0 aliphatic carbocycles. The van der Waals surface area contributed by atoms with Gasteiger partial charge in [-0.25, -0.2) is 0 Å². The van der Waals surface area contributed by atoms with Crippen LogP contribution in [0.2, 0.25) is 0 Å². The van der Waals surface area contributed by atoms with E-state index in [1.54, 1.807) is 11.3 Å². The van der Waals surface area contributed by atoms with Crippen LogP contribution in [0.3, 0.4) is 0 Å². The van der Waals surface area contributed by atoms with Gasteiger partial charge in [0.2, 0.25) is 0 Å². The van der Waals surface area contributed by atoms with Crippen LogP contribution in [0, 0.1) is 0 Å². The zero-order valence-corrected chi connectivity index (χ0v) is 9.83. The number of hydrogen-bond acceptors (Lipinski definition) is 3. The minimum absolute atomic E-state index is 0.0361. The molecule has 0 unspecified atom stereocenters. The Hall–Kier alpha value is -1.71. The Kier molecular flexibility index (Phi) is 2.42. The Morgan fingerprint density at radius 3 is 2.59 bits per heavy atom. The van der Waals surface area contributed by atoms with Crippen LogP contribution in [0.1, 0.15) is 5.56 Å². The van der Waals surface area contributed by atoms with Gasteiger partial charge in [-0.1, -0.05) is 24.3 Å². The van der Waals surface area contributed by atoms with E-state index in [-0.39, 0.29) is 12.0 Å². The smallest absolute Gasteiger partial charge is 0.195 e. The number of fused-ring (bicyclic) bond motifs is 2. The molecule has 2 aromatic carbocycles. The molecule has 0 fully saturated rings. The summed E-state index contributed by atoms with van der Waals surface area (Å²) in [6, 6.07) is 13.1. The highest BCUT2D eigenvalue weighted by atomic mass is 32.1. The van der Waals surface area contributed by atoms with Gasteiger partial charge in [-0.3, -0.25) is 4.79 Å². The third-order valence-corrected chi connectivity index (χ3v) is 4.12. The van der Waals surface area contributed by atoms with Crippen LogP contribution in [-0.4, -0.2) is 5.11 Å². The van der Waals surface area contributed by atoms with Crippen LogP contribution in [0.4, 0.5) is 0 Å². The lowest BCUT2D eigenvalue weighted by Crippen LogP contribution is -2.01.